The van der Waals surface area contributed by atoms with Crippen molar-refractivity contribution in [2.24, 2.45) is 5.92 Å². The molecule has 2 amide bonds. The fourth-order valence-electron chi connectivity index (χ4n) is 3.41. The summed E-state index contributed by atoms with van der Waals surface area (Å²) < 4.78 is 4.99. The number of rotatable bonds is 6. The molecule has 2 unspecified atom stereocenters. The standard InChI is InChI=1S/C21H26N2O3/c1-16(9-10-17-6-3-2-4-7-17)22-20(24)18-8-5-12-23(14-18)21(25)19-11-13-26-15-19/h2-4,6-7,11,13,15-16,18H,5,8-10,12,14H2,1H3,(H,22,24). The predicted octanol–water partition coefficient (Wildman–Crippen LogP) is 3.27. The Morgan fingerprint density at radius 3 is 2.81 bits per heavy atom. The highest BCUT2D eigenvalue weighted by Crippen LogP contribution is 2.19. The zero-order valence-corrected chi connectivity index (χ0v) is 15.2. The van der Waals surface area contributed by atoms with Crippen molar-refractivity contribution >= 4 is 11.8 Å². The summed E-state index contributed by atoms with van der Waals surface area (Å²) in [6.45, 7) is 3.21. The van der Waals surface area contributed by atoms with E-state index in [1.165, 1.54) is 18.1 Å². The number of piperidine rings is 1. The van der Waals surface area contributed by atoms with E-state index in [-0.39, 0.29) is 23.8 Å². The minimum atomic E-state index is -0.140. The van der Waals surface area contributed by atoms with Gasteiger partial charge >= 0.3 is 0 Å². The Bertz CT molecular complexity index is 712. The van der Waals surface area contributed by atoms with E-state index in [1.807, 2.05) is 25.1 Å². The molecule has 26 heavy (non-hydrogen) atoms. The summed E-state index contributed by atoms with van der Waals surface area (Å²) in [6.07, 6.45) is 6.47. The molecule has 0 bridgehead atoms. The summed E-state index contributed by atoms with van der Waals surface area (Å²) in [7, 11) is 0. The molecule has 1 saturated heterocycles. The summed E-state index contributed by atoms with van der Waals surface area (Å²) in [6, 6.07) is 12.1. The molecule has 2 atom stereocenters. The van der Waals surface area contributed by atoms with Gasteiger partial charge in [-0.2, -0.15) is 0 Å². The quantitative estimate of drug-likeness (QED) is 0.866. The van der Waals surface area contributed by atoms with Gasteiger partial charge in [-0.3, -0.25) is 9.59 Å². The number of nitrogens with one attached hydrogen (secondary N) is 1. The van der Waals surface area contributed by atoms with Crippen LogP contribution in [0.2, 0.25) is 0 Å². The smallest absolute Gasteiger partial charge is 0.257 e. The fraction of sp³-hybridized carbons (Fsp3) is 0.429. The molecular formula is C21H26N2O3. The molecule has 0 aliphatic carbocycles. The molecule has 0 radical (unpaired) electrons. The topological polar surface area (TPSA) is 62.6 Å². The third-order valence-electron chi connectivity index (χ3n) is 4.95. The third-order valence-corrected chi connectivity index (χ3v) is 4.95. The Morgan fingerprint density at radius 1 is 1.27 bits per heavy atom. The van der Waals surface area contributed by atoms with E-state index in [2.05, 4.69) is 17.4 Å². The van der Waals surface area contributed by atoms with E-state index in [1.54, 1.807) is 11.0 Å². The Morgan fingerprint density at radius 2 is 2.08 bits per heavy atom. The van der Waals surface area contributed by atoms with Gasteiger partial charge in [0, 0.05) is 19.1 Å². The second-order valence-electron chi connectivity index (χ2n) is 7.04. The number of hydrogen-bond donors (Lipinski definition) is 1. The first-order valence-corrected chi connectivity index (χ1v) is 9.29. The van der Waals surface area contributed by atoms with Gasteiger partial charge in [-0.25, -0.2) is 0 Å². The van der Waals surface area contributed by atoms with Crippen LogP contribution in [0.5, 0.6) is 0 Å². The summed E-state index contributed by atoms with van der Waals surface area (Å²) in [5.41, 5.74) is 1.82. The Hall–Kier alpha value is -2.56. The van der Waals surface area contributed by atoms with Crippen LogP contribution in [0.4, 0.5) is 0 Å². The van der Waals surface area contributed by atoms with Crippen molar-refractivity contribution in [3.63, 3.8) is 0 Å². The second kappa shape index (κ2) is 8.70. The Balaban J connectivity index is 1.48. The van der Waals surface area contributed by atoms with Gasteiger partial charge in [-0.15, -0.1) is 0 Å². The molecule has 1 aliphatic heterocycles. The number of furan rings is 1. The van der Waals surface area contributed by atoms with Crippen LogP contribution < -0.4 is 5.32 Å². The molecule has 2 aromatic rings. The molecule has 1 fully saturated rings. The molecular weight excluding hydrogens is 328 g/mol. The average Bonchev–Trinajstić information content (AvgIpc) is 3.21. The number of amides is 2. The molecule has 2 heterocycles. The SMILES string of the molecule is CC(CCc1ccccc1)NC(=O)C1CCCN(C(=O)c2ccoc2)C1. The Labute approximate surface area is 154 Å². The summed E-state index contributed by atoms with van der Waals surface area (Å²) in [5, 5.41) is 3.12. The minimum Gasteiger partial charge on any atom is -0.472 e. The van der Waals surface area contributed by atoms with Crippen molar-refractivity contribution in [3.05, 3.63) is 60.1 Å². The van der Waals surface area contributed by atoms with Gasteiger partial charge in [0.05, 0.1) is 17.7 Å². The summed E-state index contributed by atoms with van der Waals surface area (Å²) in [5.74, 6) is -0.151. The van der Waals surface area contributed by atoms with E-state index in [0.717, 1.165) is 25.7 Å². The van der Waals surface area contributed by atoms with Gasteiger partial charge in [0.15, 0.2) is 0 Å². The number of benzene rings is 1. The van der Waals surface area contributed by atoms with E-state index in [0.29, 0.717) is 18.7 Å². The monoisotopic (exact) mass is 354 g/mol. The first kappa shape index (κ1) is 18.2. The van der Waals surface area contributed by atoms with Crippen molar-refractivity contribution in [2.45, 2.75) is 38.6 Å². The largest absolute Gasteiger partial charge is 0.472 e. The van der Waals surface area contributed by atoms with Crippen LogP contribution in [0, 0.1) is 5.92 Å². The third kappa shape index (κ3) is 4.75. The lowest BCUT2D eigenvalue weighted by atomic mass is 9.96. The van der Waals surface area contributed by atoms with Gasteiger partial charge in [0.25, 0.3) is 5.91 Å². The number of carbonyl (C=O) groups excluding carboxylic acids is 2. The summed E-state index contributed by atoms with van der Waals surface area (Å²) >= 11 is 0. The average molecular weight is 354 g/mol. The maximum atomic E-state index is 12.6. The van der Waals surface area contributed by atoms with Gasteiger partial charge < -0.3 is 14.6 Å². The predicted molar refractivity (Wildman–Crippen MR) is 99.7 cm³/mol. The van der Waals surface area contributed by atoms with Crippen molar-refractivity contribution in [2.75, 3.05) is 13.1 Å². The van der Waals surface area contributed by atoms with Crippen molar-refractivity contribution in [1.29, 1.82) is 0 Å². The molecule has 0 spiro atoms. The first-order valence-electron chi connectivity index (χ1n) is 9.29. The Kier molecular flexibility index (Phi) is 6.10. The number of aryl methyl sites for hydroxylation is 1. The molecule has 1 aliphatic rings. The van der Waals surface area contributed by atoms with Crippen LogP contribution in [0.25, 0.3) is 0 Å². The lowest BCUT2D eigenvalue weighted by Gasteiger charge is -2.32. The molecule has 1 aromatic carbocycles. The van der Waals surface area contributed by atoms with Crippen molar-refractivity contribution in [1.82, 2.24) is 10.2 Å². The number of hydrogen-bond acceptors (Lipinski definition) is 3. The number of likely N-dealkylation sites (tertiary alicyclic amines) is 1. The van der Waals surface area contributed by atoms with Crippen LogP contribution >= 0.6 is 0 Å². The maximum Gasteiger partial charge on any atom is 0.257 e. The molecule has 1 N–H and O–H groups in total. The maximum absolute atomic E-state index is 12.6. The summed E-state index contributed by atoms with van der Waals surface area (Å²) in [4.78, 5) is 26.8. The molecule has 5 nitrogen and oxygen atoms in total. The van der Waals surface area contributed by atoms with Gasteiger partial charge in [-0.1, -0.05) is 30.3 Å². The highest BCUT2D eigenvalue weighted by atomic mass is 16.3. The van der Waals surface area contributed by atoms with Crippen LogP contribution in [-0.4, -0.2) is 35.8 Å². The van der Waals surface area contributed by atoms with E-state index >= 15 is 0 Å². The first-order chi connectivity index (χ1) is 12.6. The van der Waals surface area contributed by atoms with Crippen molar-refractivity contribution < 1.29 is 14.0 Å². The van der Waals surface area contributed by atoms with E-state index in [4.69, 9.17) is 4.42 Å². The number of carbonyl (C=O) groups is 2. The van der Waals surface area contributed by atoms with Gasteiger partial charge in [0.1, 0.15) is 6.26 Å². The van der Waals surface area contributed by atoms with E-state index < -0.39 is 0 Å². The highest BCUT2D eigenvalue weighted by Gasteiger charge is 2.29. The zero-order chi connectivity index (χ0) is 18.4. The molecule has 138 valence electrons. The lowest BCUT2D eigenvalue weighted by molar-refractivity contribution is -0.127. The normalized spacial score (nSPS) is 18.3. The van der Waals surface area contributed by atoms with Crippen LogP contribution in [0.15, 0.2) is 53.3 Å². The number of nitrogens with zero attached hydrogens (tertiary/aromatic N) is 1. The van der Waals surface area contributed by atoms with Crippen LogP contribution in [-0.2, 0) is 11.2 Å². The lowest BCUT2D eigenvalue weighted by Crippen LogP contribution is -2.47. The second-order valence-corrected chi connectivity index (χ2v) is 7.04. The van der Waals surface area contributed by atoms with Crippen LogP contribution in [0.3, 0.4) is 0 Å². The van der Waals surface area contributed by atoms with Gasteiger partial charge in [-0.05, 0) is 44.2 Å². The van der Waals surface area contributed by atoms with E-state index in [9.17, 15) is 9.59 Å². The molecule has 1 aromatic heterocycles. The minimum absolute atomic E-state index is 0.0512. The molecule has 0 saturated carbocycles. The van der Waals surface area contributed by atoms with Crippen LogP contribution in [0.1, 0.15) is 42.1 Å². The van der Waals surface area contributed by atoms with Gasteiger partial charge in [0.2, 0.25) is 5.91 Å². The highest BCUT2D eigenvalue weighted by molar-refractivity contribution is 5.94. The molecule has 5 heteroatoms. The molecule has 3 rings (SSSR count). The zero-order valence-electron chi connectivity index (χ0n) is 15.2. The van der Waals surface area contributed by atoms with Crippen molar-refractivity contribution in [3.8, 4) is 0 Å². The fourth-order valence-corrected chi connectivity index (χ4v) is 3.41.